The van der Waals surface area contributed by atoms with Gasteiger partial charge in [0, 0.05) is 23.8 Å². The number of pyridine rings is 2. The van der Waals surface area contributed by atoms with Crippen molar-refractivity contribution in [1.82, 2.24) is 15.3 Å². The van der Waals surface area contributed by atoms with Crippen LogP contribution in [-0.2, 0) is 0 Å². The number of nitrogens with zero attached hydrogens (tertiary/aromatic N) is 2. The lowest BCUT2D eigenvalue weighted by Gasteiger charge is -2.26. The van der Waals surface area contributed by atoms with Gasteiger partial charge in [-0.2, -0.15) is 0 Å². The van der Waals surface area contributed by atoms with E-state index in [2.05, 4.69) is 15.3 Å². The molecule has 0 aliphatic heterocycles. The first-order valence-electron chi connectivity index (χ1n) is 6.91. The molecule has 0 saturated heterocycles. The molecule has 1 aliphatic rings. The van der Waals surface area contributed by atoms with Crippen molar-refractivity contribution in [3.05, 3.63) is 36.3 Å². The first-order valence-corrected chi connectivity index (χ1v) is 6.91. The van der Waals surface area contributed by atoms with Crippen molar-refractivity contribution in [1.29, 1.82) is 0 Å². The van der Waals surface area contributed by atoms with Crippen LogP contribution in [0.15, 0.2) is 30.7 Å². The molecule has 20 heavy (non-hydrogen) atoms. The summed E-state index contributed by atoms with van der Waals surface area (Å²) in [6.45, 7) is 0. The molecule has 5 nitrogen and oxygen atoms in total. The SMILES string of the molecule is O=C(NC1CCC(O)CC1)c1cnc2cnccc2c1. The normalized spacial score (nSPS) is 22.6. The van der Waals surface area contributed by atoms with E-state index in [1.54, 1.807) is 18.6 Å². The Kier molecular flexibility index (Phi) is 3.60. The standard InChI is InChI=1S/C15H17N3O2/c19-13-3-1-12(2-4-13)18-15(20)11-7-10-5-6-16-9-14(10)17-8-11/h5-9,12-13,19H,1-4H2,(H,18,20). The smallest absolute Gasteiger partial charge is 0.253 e. The van der Waals surface area contributed by atoms with Crippen LogP contribution in [0.1, 0.15) is 36.0 Å². The quantitative estimate of drug-likeness (QED) is 0.871. The maximum atomic E-state index is 12.2. The molecule has 0 atom stereocenters. The summed E-state index contributed by atoms with van der Waals surface area (Å²) in [5.41, 5.74) is 1.35. The third-order valence-corrected chi connectivity index (χ3v) is 3.78. The lowest BCUT2D eigenvalue weighted by atomic mass is 9.93. The fourth-order valence-corrected chi connectivity index (χ4v) is 2.58. The van der Waals surface area contributed by atoms with E-state index >= 15 is 0 Å². The van der Waals surface area contributed by atoms with E-state index in [0.29, 0.717) is 5.56 Å². The van der Waals surface area contributed by atoms with E-state index in [0.717, 1.165) is 36.6 Å². The minimum Gasteiger partial charge on any atom is -0.393 e. The second-order valence-corrected chi connectivity index (χ2v) is 5.27. The summed E-state index contributed by atoms with van der Waals surface area (Å²) in [5.74, 6) is -0.0994. The highest BCUT2D eigenvalue weighted by atomic mass is 16.3. The third-order valence-electron chi connectivity index (χ3n) is 3.78. The number of nitrogens with one attached hydrogen (secondary N) is 1. The molecule has 1 amide bonds. The molecule has 0 radical (unpaired) electrons. The van der Waals surface area contributed by atoms with Gasteiger partial charge in [-0.1, -0.05) is 0 Å². The van der Waals surface area contributed by atoms with Gasteiger partial charge in [0.1, 0.15) is 0 Å². The zero-order valence-corrected chi connectivity index (χ0v) is 11.1. The third kappa shape index (κ3) is 2.77. The molecule has 2 aromatic heterocycles. The average Bonchev–Trinajstić information content (AvgIpc) is 2.49. The van der Waals surface area contributed by atoms with E-state index in [-0.39, 0.29) is 18.1 Å². The summed E-state index contributed by atoms with van der Waals surface area (Å²) in [6.07, 6.45) is 7.91. The number of aliphatic hydroxyl groups excluding tert-OH is 1. The van der Waals surface area contributed by atoms with Gasteiger partial charge in [0.05, 0.1) is 23.4 Å². The van der Waals surface area contributed by atoms with Crippen molar-refractivity contribution in [2.24, 2.45) is 0 Å². The lowest BCUT2D eigenvalue weighted by molar-refractivity contribution is 0.0867. The van der Waals surface area contributed by atoms with Crippen molar-refractivity contribution in [3.8, 4) is 0 Å². The van der Waals surface area contributed by atoms with Gasteiger partial charge < -0.3 is 10.4 Å². The molecule has 0 spiro atoms. The molecule has 1 saturated carbocycles. The molecule has 2 aromatic rings. The number of fused-ring (bicyclic) bond motifs is 1. The van der Waals surface area contributed by atoms with Crippen molar-refractivity contribution in [2.45, 2.75) is 37.8 Å². The molecule has 2 N–H and O–H groups in total. The summed E-state index contributed by atoms with van der Waals surface area (Å²) in [4.78, 5) is 20.5. The number of hydrogen-bond acceptors (Lipinski definition) is 4. The maximum Gasteiger partial charge on any atom is 0.253 e. The molecule has 0 aromatic carbocycles. The van der Waals surface area contributed by atoms with Gasteiger partial charge in [-0.05, 0) is 37.8 Å². The van der Waals surface area contributed by atoms with Crippen LogP contribution in [0.3, 0.4) is 0 Å². The van der Waals surface area contributed by atoms with Crippen molar-refractivity contribution in [2.75, 3.05) is 0 Å². The number of rotatable bonds is 2. The topological polar surface area (TPSA) is 75.1 Å². The van der Waals surface area contributed by atoms with Crippen LogP contribution in [0.4, 0.5) is 0 Å². The van der Waals surface area contributed by atoms with Gasteiger partial charge in [0.2, 0.25) is 0 Å². The summed E-state index contributed by atoms with van der Waals surface area (Å²) >= 11 is 0. The molecule has 3 rings (SSSR count). The Hall–Kier alpha value is -2.01. The van der Waals surface area contributed by atoms with Crippen LogP contribution < -0.4 is 5.32 Å². The highest BCUT2D eigenvalue weighted by molar-refractivity contribution is 5.97. The van der Waals surface area contributed by atoms with Crippen LogP contribution in [0.2, 0.25) is 0 Å². The average molecular weight is 271 g/mol. The van der Waals surface area contributed by atoms with Gasteiger partial charge >= 0.3 is 0 Å². The molecular weight excluding hydrogens is 254 g/mol. The number of aromatic nitrogens is 2. The zero-order valence-electron chi connectivity index (χ0n) is 11.1. The van der Waals surface area contributed by atoms with Crippen LogP contribution in [0, 0.1) is 0 Å². The molecular formula is C15H17N3O2. The first-order chi connectivity index (χ1) is 9.72. The Morgan fingerprint density at radius 2 is 2.05 bits per heavy atom. The molecule has 1 aliphatic carbocycles. The van der Waals surface area contributed by atoms with E-state index in [4.69, 9.17) is 0 Å². The van der Waals surface area contributed by atoms with Gasteiger partial charge in [0.15, 0.2) is 0 Å². The van der Waals surface area contributed by atoms with Crippen LogP contribution in [0.5, 0.6) is 0 Å². The van der Waals surface area contributed by atoms with E-state index in [1.165, 1.54) is 0 Å². The molecule has 0 unspecified atom stereocenters. The second-order valence-electron chi connectivity index (χ2n) is 5.27. The molecule has 5 heteroatoms. The number of carbonyl (C=O) groups is 1. The van der Waals surface area contributed by atoms with Gasteiger partial charge in [-0.25, -0.2) is 0 Å². The number of aliphatic hydroxyl groups is 1. The van der Waals surface area contributed by atoms with Crippen LogP contribution >= 0.6 is 0 Å². The number of carbonyl (C=O) groups excluding carboxylic acids is 1. The number of hydrogen-bond donors (Lipinski definition) is 2. The minimum atomic E-state index is -0.210. The van der Waals surface area contributed by atoms with Crippen molar-refractivity contribution >= 4 is 16.8 Å². The summed E-state index contributed by atoms with van der Waals surface area (Å²) < 4.78 is 0. The Balaban J connectivity index is 1.72. The Morgan fingerprint density at radius 1 is 1.25 bits per heavy atom. The van der Waals surface area contributed by atoms with Gasteiger partial charge in [-0.15, -0.1) is 0 Å². The highest BCUT2D eigenvalue weighted by Crippen LogP contribution is 2.19. The summed E-state index contributed by atoms with van der Waals surface area (Å²) in [6, 6.07) is 3.83. The monoisotopic (exact) mass is 271 g/mol. The second kappa shape index (κ2) is 5.54. The van der Waals surface area contributed by atoms with E-state index in [9.17, 15) is 9.90 Å². The van der Waals surface area contributed by atoms with Gasteiger partial charge in [-0.3, -0.25) is 14.8 Å². The molecule has 104 valence electrons. The van der Waals surface area contributed by atoms with Crippen molar-refractivity contribution < 1.29 is 9.90 Å². The molecule has 1 fully saturated rings. The highest BCUT2D eigenvalue weighted by Gasteiger charge is 2.21. The largest absolute Gasteiger partial charge is 0.393 e. The van der Waals surface area contributed by atoms with E-state index in [1.807, 2.05) is 12.1 Å². The fraction of sp³-hybridized carbons (Fsp3) is 0.400. The fourth-order valence-electron chi connectivity index (χ4n) is 2.58. The molecule has 2 heterocycles. The van der Waals surface area contributed by atoms with Gasteiger partial charge in [0.25, 0.3) is 5.91 Å². The Bertz CT molecular complexity index is 621. The first kappa shape index (κ1) is 13.0. The van der Waals surface area contributed by atoms with Crippen molar-refractivity contribution in [3.63, 3.8) is 0 Å². The van der Waals surface area contributed by atoms with Crippen LogP contribution in [-0.4, -0.2) is 33.1 Å². The van der Waals surface area contributed by atoms with E-state index < -0.39 is 0 Å². The number of amides is 1. The predicted octanol–water partition coefficient (Wildman–Crippen LogP) is 1.66. The lowest BCUT2D eigenvalue weighted by Crippen LogP contribution is -2.38. The zero-order chi connectivity index (χ0) is 13.9. The maximum absolute atomic E-state index is 12.2. The summed E-state index contributed by atoms with van der Waals surface area (Å²) in [7, 11) is 0. The predicted molar refractivity (Wildman–Crippen MR) is 75.3 cm³/mol. The summed E-state index contributed by atoms with van der Waals surface area (Å²) in [5, 5.41) is 13.4. The molecule has 0 bridgehead atoms. The Morgan fingerprint density at radius 3 is 2.85 bits per heavy atom. The Labute approximate surface area is 117 Å². The van der Waals surface area contributed by atoms with Crippen LogP contribution in [0.25, 0.3) is 10.9 Å². The minimum absolute atomic E-state index is 0.0994.